The van der Waals surface area contributed by atoms with Crippen molar-refractivity contribution < 1.29 is 4.79 Å². The molecule has 2 fully saturated rings. The van der Waals surface area contributed by atoms with E-state index in [4.69, 9.17) is 0 Å². The molecule has 0 saturated heterocycles. The lowest BCUT2D eigenvalue weighted by molar-refractivity contribution is 0.0915. The summed E-state index contributed by atoms with van der Waals surface area (Å²) in [5, 5.41) is 4.01. The maximum absolute atomic E-state index is 12.4. The van der Waals surface area contributed by atoms with Crippen LogP contribution in [0.2, 0.25) is 0 Å². The lowest BCUT2D eigenvalue weighted by Gasteiger charge is -2.28. The van der Waals surface area contributed by atoms with Crippen molar-refractivity contribution in [3.8, 4) is 0 Å². The Morgan fingerprint density at radius 1 is 1.40 bits per heavy atom. The second-order valence-electron chi connectivity index (χ2n) is 6.43. The second-order valence-corrected chi connectivity index (χ2v) is 7.00. The van der Waals surface area contributed by atoms with Gasteiger partial charge in [0.1, 0.15) is 0 Å². The Morgan fingerprint density at radius 3 is 2.90 bits per heavy atom. The molecular weight excluding hydrogens is 314 g/mol. The van der Waals surface area contributed by atoms with E-state index in [1.807, 2.05) is 24.3 Å². The summed E-state index contributed by atoms with van der Waals surface area (Å²) >= 11 is 3.44. The van der Waals surface area contributed by atoms with E-state index in [-0.39, 0.29) is 5.91 Å². The molecule has 1 amide bonds. The molecule has 0 aliphatic heterocycles. The van der Waals surface area contributed by atoms with Gasteiger partial charge < -0.3 is 5.32 Å². The lowest BCUT2D eigenvalue weighted by atomic mass is 9.84. The van der Waals surface area contributed by atoms with Gasteiger partial charge in [0.25, 0.3) is 5.91 Å². The number of nitrogens with one attached hydrogen (secondary N) is 1. The monoisotopic (exact) mass is 335 g/mol. The van der Waals surface area contributed by atoms with Crippen LogP contribution in [0.15, 0.2) is 24.3 Å². The number of hydrogen-bond donors (Lipinski definition) is 1. The van der Waals surface area contributed by atoms with Crippen LogP contribution in [0.5, 0.6) is 0 Å². The van der Waals surface area contributed by atoms with Gasteiger partial charge in [0.2, 0.25) is 0 Å². The Hall–Kier alpha value is -0.830. The zero-order valence-electron chi connectivity index (χ0n) is 11.9. The van der Waals surface area contributed by atoms with Gasteiger partial charge in [-0.05, 0) is 61.6 Å². The van der Waals surface area contributed by atoms with Gasteiger partial charge in [-0.3, -0.25) is 4.79 Å². The SMILES string of the molecule is CC(NC(=O)c1cccc(CBr)c1)C1CC2CCC1C2. The minimum absolute atomic E-state index is 0.0723. The van der Waals surface area contributed by atoms with Crippen LogP contribution in [-0.4, -0.2) is 11.9 Å². The first kappa shape index (κ1) is 14.1. The van der Waals surface area contributed by atoms with Crippen LogP contribution in [0.4, 0.5) is 0 Å². The molecule has 4 atom stereocenters. The number of fused-ring (bicyclic) bond motifs is 2. The number of benzene rings is 1. The minimum Gasteiger partial charge on any atom is -0.349 e. The second kappa shape index (κ2) is 5.88. The molecule has 0 heterocycles. The fourth-order valence-electron chi connectivity index (χ4n) is 4.10. The summed E-state index contributed by atoms with van der Waals surface area (Å²) < 4.78 is 0. The minimum atomic E-state index is 0.0723. The summed E-state index contributed by atoms with van der Waals surface area (Å²) in [7, 11) is 0. The van der Waals surface area contributed by atoms with E-state index in [0.29, 0.717) is 12.0 Å². The van der Waals surface area contributed by atoms with Crippen LogP contribution in [0.1, 0.15) is 48.5 Å². The third-order valence-corrected chi connectivity index (χ3v) is 5.78. The highest BCUT2D eigenvalue weighted by molar-refractivity contribution is 9.08. The van der Waals surface area contributed by atoms with Crippen molar-refractivity contribution in [1.82, 2.24) is 5.32 Å². The lowest BCUT2D eigenvalue weighted by Crippen LogP contribution is -2.40. The van der Waals surface area contributed by atoms with Crippen molar-refractivity contribution in [2.24, 2.45) is 17.8 Å². The molecule has 1 aromatic carbocycles. The van der Waals surface area contributed by atoms with Gasteiger partial charge in [0, 0.05) is 16.9 Å². The number of carbonyl (C=O) groups excluding carboxylic acids is 1. The van der Waals surface area contributed by atoms with Gasteiger partial charge in [0.05, 0.1) is 0 Å². The molecule has 108 valence electrons. The number of halogens is 1. The van der Waals surface area contributed by atoms with E-state index < -0.39 is 0 Å². The van der Waals surface area contributed by atoms with Crippen LogP contribution < -0.4 is 5.32 Å². The van der Waals surface area contributed by atoms with Crippen molar-refractivity contribution in [1.29, 1.82) is 0 Å². The molecular formula is C17H22BrNO. The van der Waals surface area contributed by atoms with Gasteiger partial charge in [0.15, 0.2) is 0 Å². The molecule has 2 saturated carbocycles. The topological polar surface area (TPSA) is 29.1 Å². The maximum atomic E-state index is 12.4. The predicted octanol–water partition coefficient (Wildman–Crippen LogP) is 4.14. The predicted molar refractivity (Wildman–Crippen MR) is 84.9 cm³/mol. The van der Waals surface area contributed by atoms with Crippen molar-refractivity contribution in [2.45, 2.75) is 44.0 Å². The molecule has 0 spiro atoms. The number of amides is 1. The standard InChI is InChI=1S/C17H22BrNO/c1-11(16-9-12-5-6-14(16)7-12)19-17(20)15-4-2-3-13(8-15)10-18/h2-4,8,11-12,14,16H,5-7,9-10H2,1H3,(H,19,20). The highest BCUT2D eigenvalue weighted by Crippen LogP contribution is 2.49. The quantitative estimate of drug-likeness (QED) is 0.823. The molecule has 3 rings (SSSR count). The molecule has 2 aliphatic rings. The molecule has 2 bridgehead atoms. The first-order valence-electron chi connectivity index (χ1n) is 7.63. The van der Waals surface area contributed by atoms with Crippen LogP contribution in [0.3, 0.4) is 0 Å². The molecule has 1 N–H and O–H groups in total. The zero-order valence-corrected chi connectivity index (χ0v) is 13.5. The average molecular weight is 336 g/mol. The van der Waals surface area contributed by atoms with Crippen molar-refractivity contribution in [3.63, 3.8) is 0 Å². The zero-order chi connectivity index (χ0) is 14.1. The fourth-order valence-corrected chi connectivity index (χ4v) is 4.45. The summed E-state index contributed by atoms with van der Waals surface area (Å²) in [5.74, 6) is 2.55. The molecule has 3 heteroatoms. The number of alkyl halides is 1. The Morgan fingerprint density at radius 2 is 2.25 bits per heavy atom. The van der Waals surface area contributed by atoms with Gasteiger partial charge in [-0.2, -0.15) is 0 Å². The molecule has 2 nitrogen and oxygen atoms in total. The molecule has 0 aromatic heterocycles. The highest BCUT2D eigenvalue weighted by atomic mass is 79.9. The third kappa shape index (κ3) is 2.78. The summed E-state index contributed by atoms with van der Waals surface area (Å²) in [4.78, 5) is 12.4. The van der Waals surface area contributed by atoms with E-state index in [2.05, 4.69) is 28.2 Å². The third-order valence-electron chi connectivity index (χ3n) is 5.14. The molecule has 2 aliphatic carbocycles. The molecule has 1 aromatic rings. The van der Waals surface area contributed by atoms with Gasteiger partial charge in [-0.25, -0.2) is 0 Å². The van der Waals surface area contributed by atoms with E-state index in [1.54, 1.807) is 0 Å². The van der Waals surface area contributed by atoms with Crippen molar-refractivity contribution in [3.05, 3.63) is 35.4 Å². The van der Waals surface area contributed by atoms with Crippen LogP contribution in [0.25, 0.3) is 0 Å². The largest absolute Gasteiger partial charge is 0.349 e. The summed E-state index contributed by atoms with van der Waals surface area (Å²) in [5.41, 5.74) is 1.92. The average Bonchev–Trinajstić information content (AvgIpc) is 3.10. The smallest absolute Gasteiger partial charge is 0.251 e. The number of hydrogen-bond acceptors (Lipinski definition) is 1. The summed E-state index contributed by atoms with van der Waals surface area (Å²) in [6.07, 6.45) is 5.49. The highest BCUT2D eigenvalue weighted by Gasteiger charge is 2.42. The van der Waals surface area contributed by atoms with Crippen molar-refractivity contribution in [2.75, 3.05) is 0 Å². The van der Waals surface area contributed by atoms with E-state index in [0.717, 1.165) is 28.3 Å². The molecule has 4 unspecified atom stereocenters. The van der Waals surface area contributed by atoms with E-state index >= 15 is 0 Å². The van der Waals surface area contributed by atoms with Crippen molar-refractivity contribution >= 4 is 21.8 Å². The molecule has 20 heavy (non-hydrogen) atoms. The number of rotatable bonds is 4. The van der Waals surface area contributed by atoms with Gasteiger partial charge in [-0.15, -0.1) is 0 Å². The maximum Gasteiger partial charge on any atom is 0.251 e. The Bertz CT molecular complexity index is 502. The van der Waals surface area contributed by atoms with E-state index in [9.17, 15) is 4.79 Å². The molecule has 0 radical (unpaired) electrons. The van der Waals surface area contributed by atoms with Gasteiger partial charge >= 0.3 is 0 Å². The first-order valence-corrected chi connectivity index (χ1v) is 8.75. The normalized spacial score (nSPS) is 29.4. The van der Waals surface area contributed by atoms with Crippen LogP contribution in [-0.2, 0) is 5.33 Å². The Balaban J connectivity index is 1.63. The Labute approximate surface area is 129 Å². The van der Waals surface area contributed by atoms with Crippen LogP contribution in [0, 0.1) is 17.8 Å². The number of carbonyl (C=O) groups is 1. The van der Waals surface area contributed by atoms with Crippen LogP contribution >= 0.6 is 15.9 Å². The van der Waals surface area contributed by atoms with Gasteiger partial charge in [-0.1, -0.05) is 34.5 Å². The fraction of sp³-hybridized carbons (Fsp3) is 0.588. The summed E-state index contributed by atoms with van der Waals surface area (Å²) in [6, 6.07) is 8.15. The first-order chi connectivity index (χ1) is 9.67. The Kier molecular flexibility index (Phi) is 4.16. The summed E-state index contributed by atoms with van der Waals surface area (Å²) in [6.45, 7) is 2.18. The van der Waals surface area contributed by atoms with E-state index in [1.165, 1.54) is 25.7 Å².